The Kier molecular flexibility index (Phi) is 8.33. The van der Waals surface area contributed by atoms with Crippen LogP contribution >= 0.6 is 23.5 Å². The zero-order chi connectivity index (χ0) is 43.5. The summed E-state index contributed by atoms with van der Waals surface area (Å²) in [5.41, 5.74) is 17.8. The predicted octanol–water partition coefficient (Wildman–Crippen LogP) is 18.4. The van der Waals surface area contributed by atoms with Gasteiger partial charge in [0.25, 0.3) is 0 Å². The molecule has 0 spiro atoms. The molecule has 0 bridgehead atoms. The molecular formula is C62H38N2S2. The molecule has 0 amide bonds. The molecule has 3 aliphatic rings. The number of nitrogens with zero attached hydrogens (tertiary/aromatic N) is 2. The fourth-order valence-electron chi connectivity index (χ4n) is 10.8. The maximum absolute atomic E-state index is 4.82. The van der Waals surface area contributed by atoms with Gasteiger partial charge in [-0.15, -0.1) is 0 Å². The number of rotatable bonds is 4. The van der Waals surface area contributed by atoms with Crippen LogP contribution in [0.4, 0.5) is 34.1 Å². The molecule has 308 valence electrons. The van der Waals surface area contributed by atoms with E-state index < -0.39 is 0 Å². The summed E-state index contributed by atoms with van der Waals surface area (Å²) < 4.78 is 0. The molecule has 4 heteroatoms. The lowest BCUT2D eigenvalue weighted by Crippen LogP contribution is -2.15. The first-order valence-corrected chi connectivity index (χ1v) is 24.1. The van der Waals surface area contributed by atoms with E-state index in [0.717, 1.165) is 16.9 Å². The van der Waals surface area contributed by atoms with Gasteiger partial charge in [0.15, 0.2) is 0 Å². The average Bonchev–Trinajstić information content (AvgIpc) is 3.67. The van der Waals surface area contributed by atoms with Gasteiger partial charge < -0.3 is 9.80 Å². The van der Waals surface area contributed by atoms with Crippen LogP contribution in [-0.2, 0) is 0 Å². The molecule has 0 saturated heterocycles. The molecule has 0 aromatic heterocycles. The number of hydrogen-bond donors (Lipinski definition) is 0. The Morgan fingerprint density at radius 1 is 0.303 bits per heavy atom. The summed E-state index contributed by atoms with van der Waals surface area (Å²) in [6, 6.07) is 80.9. The molecule has 11 aromatic carbocycles. The quantitative estimate of drug-likeness (QED) is 0.162. The van der Waals surface area contributed by atoms with E-state index >= 15 is 0 Å². The minimum atomic E-state index is 1.07. The van der Waals surface area contributed by atoms with E-state index in [9.17, 15) is 0 Å². The SMILES string of the molecule is C=C1c2ccccc2-c2cccc(-c3c4ccc(N5c6ccccc6Sc6ccccc65)cc4c(-c4ccc5ccccc5c4)c4ccc(N5c6ccccc6Sc6ccccc65)cc34)c21. The van der Waals surface area contributed by atoms with Gasteiger partial charge in [-0.2, -0.15) is 0 Å². The zero-order valence-electron chi connectivity index (χ0n) is 35.7. The van der Waals surface area contributed by atoms with Crippen molar-refractivity contribution in [3.05, 3.63) is 236 Å². The van der Waals surface area contributed by atoms with Gasteiger partial charge >= 0.3 is 0 Å². The van der Waals surface area contributed by atoms with E-state index in [1.165, 1.54) is 119 Å². The van der Waals surface area contributed by atoms with E-state index in [1.54, 1.807) is 0 Å². The molecule has 0 unspecified atom stereocenters. The Morgan fingerprint density at radius 2 is 0.758 bits per heavy atom. The fraction of sp³-hybridized carbons (Fsp3) is 0. The topological polar surface area (TPSA) is 6.48 Å². The first-order valence-electron chi connectivity index (χ1n) is 22.4. The lowest BCUT2D eigenvalue weighted by Gasteiger charge is -2.34. The highest BCUT2D eigenvalue weighted by atomic mass is 32.2. The number of para-hydroxylation sites is 4. The summed E-state index contributed by atoms with van der Waals surface area (Å²) in [4.78, 5) is 9.90. The largest absolute Gasteiger partial charge is 0.308 e. The van der Waals surface area contributed by atoms with Crippen molar-refractivity contribution < 1.29 is 0 Å². The van der Waals surface area contributed by atoms with E-state index in [4.69, 9.17) is 6.58 Å². The van der Waals surface area contributed by atoms with Crippen LogP contribution in [0.3, 0.4) is 0 Å². The Bertz CT molecular complexity index is 3790. The van der Waals surface area contributed by atoms with E-state index in [-0.39, 0.29) is 0 Å². The van der Waals surface area contributed by atoms with Crippen LogP contribution < -0.4 is 9.80 Å². The molecular weight excluding hydrogens is 837 g/mol. The maximum Gasteiger partial charge on any atom is 0.0601 e. The molecule has 0 atom stereocenters. The van der Waals surface area contributed by atoms with Crippen molar-refractivity contribution in [3.8, 4) is 33.4 Å². The molecule has 1 aliphatic carbocycles. The molecule has 0 saturated carbocycles. The van der Waals surface area contributed by atoms with Gasteiger partial charge in [-0.3, -0.25) is 0 Å². The van der Waals surface area contributed by atoms with Crippen LogP contribution in [0.1, 0.15) is 11.1 Å². The molecule has 2 aliphatic heterocycles. The normalized spacial score (nSPS) is 13.3. The van der Waals surface area contributed by atoms with Crippen molar-refractivity contribution in [2.24, 2.45) is 0 Å². The van der Waals surface area contributed by atoms with Gasteiger partial charge in [0.1, 0.15) is 0 Å². The second-order valence-corrected chi connectivity index (χ2v) is 19.4. The predicted molar refractivity (Wildman–Crippen MR) is 281 cm³/mol. The summed E-state index contributed by atoms with van der Waals surface area (Å²) >= 11 is 3.69. The van der Waals surface area contributed by atoms with Gasteiger partial charge in [0.2, 0.25) is 0 Å². The van der Waals surface area contributed by atoms with Crippen molar-refractivity contribution in [3.63, 3.8) is 0 Å². The van der Waals surface area contributed by atoms with Crippen LogP contribution in [0, 0.1) is 0 Å². The first kappa shape index (κ1) is 37.6. The van der Waals surface area contributed by atoms with Gasteiger partial charge in [-0.25, -0.2) is 0 Å². The zero-order valence-corrected chi connectivity index (χ0v) is 37.3. The van der Waals surface area contributed by atoms with Crippen LogP contribution in [0.5, 0.6) is 0 Å². The standard InChI is InChI=1S/C62H38N2S2/c1-38-44-17-4-5-18-45(44)46-19-14-20-49(60(38)46)62-48-34-32-42(63-52-21-6-10-25-56(52)65-57-26-11-7-22-53(57)63)36-50(48)61(41-30-29-39-15-2-3-16-40(39)35-41)47-33-31-43(37-51(47)62)64-54-23-8-12-27-58(54)66-59-28-13-9-24-55(59)64/h2-37H,1H2. The second-order valence-electron chi connectivity index (χ2n) is 17.3. The van der Waals surface area contributed by atoms with E-state index in [0.29, 0.717) is 0 Å². The summed E-state index contributed by atoms with van der Waals surface area (Å²) in [6.07, 6.45) is 0. The second kappa shape index (κ2) is 14.6. The Balaban J connectivity index is 1.12. The van der Waals surface area contributed by atoms with E-state index in [2.05, 4.69) is 228 Å². The van der Waals surface area contributed by atoms with Crippen molar-refractivity contribution in [1.82, 2.24) is 0 Å². The number of hydrogen-bond acceptors (Lipinski definition) is 4. The molecule has 0 radical (unpaired) electrons. The molecule has 2 nitrogen and oxygen atoms in total. The number of anilines is 6. The highest BCUT2D eigenvalue weighted by Crippen LogP contribution is 2.57. The highest BCUT2D eigenvalue weighted by Gasteiger charge is 2.31. The monoisotopic (exact) mass is 874 g/mol. The Labute approximate surface area is 392 Å². The maximum atomic E-state index is 4.82. The lowest BCUT2D eigenvalue weighted by molar-refractivity contribution is 1.17. The van der Waals surface area contributed by atoms with Crippen LogP contribution in [-0.4, -0.2) is 0 Å². The van der Waals surface area contributed by atoms with Crippen molar-refractivity contribution in [1.29, 1.82) is 0 Å². The Hall–Kier alpha value is -7.76. The summed E-state index contributed by atoms with van der Waals surface area (Å²) in [5.74, 6) is 0. The number of fused-ring (bicyclic) bond motifs is 10. The molecule has 66 heavy (non-hydrogen) atoms. The van der Waals surface area contributed by atoms with Crippen molar-refractivity contribution in [2.75, 3.05) is 9.80 Å². The third kappa shape index (κ3) is 5.59. The molecule has 11 aromatic rings. The van der Waals surface area contributed by atoms with Crippen LogP contribution in [0.15, 0.2) is 245 Å². The molecule has 2 heterocycles. The van der Waals surface area contributed by atoms with Crippen LogP contribution in [0.2, 0.25) is 0 Å². The van der Waals surface area contributed by atoms with Crippen molar-refractivity contribution in [2.45, 2.75) is 19.6 Å². The third-order valence-electron chi connectivity index (χ3n) is 13.7. The number of benzene rings is 11. The van der Waals surface area contributed by atoms with Gasteiger partial charge in [0, 0.05) is 31.0 Å². The lowest BCUT2D eigenvalue weighted by atomic mass is 9.83. The molecule has 14 rings (SSSR count). The van der Waals surface area contributed by atoms with Gasteiger partial charge in [0.05, 0.1) is 22.7 Å². The smallest absolute Gasteiger partial charge is 0.0601 e. The highest BCUT2D eigenvalue weighted by molar-refractivity contribution is 8.00. The van der Waals surface area contributed by atoms with E-state index in [1.807, 2.05) is 23.5 Å². The van der Waals surface area contributed by atoms with Gasteiger partial charge in [-0.05, 0) is 161 Å². The average molecular weight is 875 g/mol. The minimum absolute atomic E-state index is 1.07. The summed E-state index contributed by atoms with van der Waals surface area (Å²) in [6.45, 7) is 4.82. The van der Waals surface area contributed by atoms with Crippen LogP contribution in [0.25, 0.3) is 71.3 Å². The van der Waals surface area contributed by atoms with Crippen molar-refractivity contribution >= 4 is 95.5 Å². The summed E-state index contributed by atoms with van der Waals surface area (Å²) in [5, 5.41) is 7.26. The third-order valence-corrected chi connectivity index (χ3v) is 15.9. The van der Waals surface area contributed by atoms with Gasteiger partial charge in [-0.1, -0.05) is 170 Å². The fourth-order valence-corrected chi connectivity index (χ4v) is 12.9. The Morgan fingerprint density at radius 3 is 1.35 bits per heavy atom. The molecule has 0 N–H and O–H groups in total. The first-order chi connectivity index (χ1) is 32.7. The minimum Gasteiger partial charge on any atom is -0.308 e. The summed E-state index contributed by atoms with van der Waals surface area (Å²) in [7, 11) is 0. The molecule has 0 fully saturated rings.